The first kappa shape index (κ1) is 33.5. The second-order valence-corrected chi connectivity index (χ2v) is 18.2. The molecule has 0 atom stereocenters. The fraction of sp³-hybridized carbons (Fsp3) is 0.306. The van der Waals surface area contributed by atoms with Crippen molar-refractivity contribution in [1.29, 1.82) is 0 Å². The van der Waals surface area contributed by atoms with Crippen LogP contribution in [0.4, 0.5) is 14.6 Å². The molecular formula is C36H41F2N3O3Si. The number of nitrogens with one attached hydrogen (secondary N) is 1. The van der Waals surface area contributed by atoms with Gasteiger partial charge in [0.1, 0.15) is 22.9 Å². The summed E-state index contributed by atoms with van der Waals surface area (Å²) in [7, 11) is -2.31. The van der Waals surface area contributed by atoms with Crippen LogP contribution in [0, 0.1) is 11.6 Å². The summed E-state index contributed by atoms with van der Waals surface area (Å²) in [5.41, 5.74) is 1.92. The summed E-state index contributed by atoms with van der Waals surface area (Å²) in [6, 6.07) is 20.4. The van der Waals surface area contributed by atoms with Crippen LogP contribution in [0.3, 0.4) is 0 Å². The predicted molar refractivity (Wildman–Crippen MR) is 178 cm³/mol. The molecule has 45 heavy (non-hydrogen) atoms. The van der Waals surface area contributed by atoms with Crippen LogP contribution in [0.5, 0.6) is 5.75 Å². The third-order valence-electron chi connectivity index (χ3n) is 7.52. The quantitative estimate of drug-likeness (QED) is 0.113. The molecule has 0 amide bonds. The lowest BCUT2D eigenvalue weighted by atomic mass is 10.1. The molecule has 0 bridgehead atoms. The van der Waals surface area contributed by atoms with Crippen LogP contribution in [0.1, 0.15) is 58.4 Å². The van der Waals surface area contributed by atoms with Gasteiger partial charge in [0, 0.05) is 12.0 Å². The van der Waals surface area contributed by atoms with Gasteiger partial charge >= 0.3 is 5.97 Å². The number of hydrogen-bond acceptors (Lipinski definition) is 6. The first-order chi connectivity index (χ1) is 21.0. The van der Waals surface area contributed by atoms with Gasteiger partial charge in [-0.25, -0.2) is 23.5 Å². The van der Waals surface area contributed by atoms with Gasteiger partial charge in [-0.3, -0.25) is 0 Å². The molecule has 0 unspecified atom stereocenters. The van der Waals surface area contributed by atoms with Crippen LogP contribution in [0.15, 0.2) is 84.7 Å². The minimum absolute atomic E-state index is 0.0869. The fourth-order valence-corrected chi connectivity index (χ4v) is 5.14. The molecule has 1 aromatic heterocycles. The van der Waals surface area contributed by atoms with Crippen LogP contribution in [-0.4, -0.2) is 29.9 Å². The highest BCUT2D eigenvalue weighted by molar-refractivity contribution is 6.74. The van der Waals surface area contributed by atoms with Gasteiger partial charge in [-0.2, -0.15) is 0 Å². The molecule has 0 fully saturated rings. The molecule has 6 nitrogen and oxygen atoms in total. The lowest BCUT2D eigenvalue weighted by molar-refractivity contribution is -0.149. The monoisotopic (exact) mass is 629 g/mol. The Balaban J connectivity index is 1.79. The van der Waals surface area contributed by atoms with E-state index in [2.05, 4.69) is 44.2 Å². The molecule has 236 valence electrons. The minimum Gasteiger partial charge on any atom is -0.542 e. The van der Waals surface area contributed by atoms with Crippen LogP contribution in [-0.2, 0) is 16.0 Å². The van der Waals surface area contributed by atoms with Crippen LogP contribution in [0.2, 0.25) is 18.1 Å². The lowest BCUT2D eigenvalue weighted by Gasteiger charge is -2.36. The molecule has 9 heteroatoms. The zero-order valence-corrected chi connectivity index (χ0v) is 28.2. The van der Waals surface area contributed by atoms with Gasteiger partial charge in [-0.15, -0.1) is 0 Å². The van der Waals surface area contributed by atoms with Crippen molar-refractivity contribution in [3.8, 4) is 17.0 Å². The van der Waals surface area contributed by atoms with Crippen LogP contribution < -0.4 is 9.74 Å². The zero-order chi connectivity index (χ0) is 33.0. The van der Waals surface area contributed by atoms with Crippen molar-refractivity contribution in [3.63, 3.8) is 0 Å². The van der Waals surface area contributed by atoms with E-state index in [9.17, 15) is 9.18 Å². The largest absolute Gasteiger partial charge is 0.542 e. The molecule has 0 saturated carbocycles. The van der Waals surface area contributed by atoms with Crippen LogP contribution in [0.25, 0.3) is 17.3 Å². The van der Waals surface area contributed by atoms with E-state index in [1.54, 1.807) is 57.2 Å². The average molecular weight is 630 g/mol. The van der Waals surface area contributed by atoms with Crippen molar-refractivity contribution in [1.82, 2.24) is 9.97 Å². The maximum Gasteiger partial charge on any atom is 0.355 e. The fourth-order valence-electron chi connectivity index (χ4n) is 4.12. The summed E-state index contributed by atoms with van der Waals surface area (Å²) in [5.74, 6) is -1.03. The Morgan fingerprint density at radius 2 is 1.58 bits per heavy atom. The molecule has 0 aliphatic heterocycles. The zero-order valence-electron chi connectivity index (χ0n) is 27.2. The molecule has 0 radical (unpaired) electrons. The molecule has 3 aromatic carbocycles. The van der Waals surface area contributed by atoms with Crippen molar-refractivity contribution >= 4 is 26.2 Å². The van der Waals surface area contributed by atoms with Crippen LogP contribution >= 0.6 is 0 Å². The first-order valence-corrected chi connectivity index (χ1v) is 17.8. The topological polar surface area (TPSA) is 73.3 Å². The standard InChI is InChI=1S/C36H41F2N3O3Si/c1-35(2,3)43-34(42)29(22-25-17-19-26(37)20-18-25)41-33-28(21-24-13-10-9-11-14-24)40-30(23-39-33)27-15-12-16-31(32(27)38)44-45(7,8)36(4,5)6/h9-20,22-23H,21H2,1-8H3,(H,39,41)/b29-22-. The molecule has 0 aliphatic carbocycles. The number of carbonyl (C=O) groups excluding carboxylic acids is 1. The van der Waals surface area contributed by atoms with Gasteiger partial charge in [-0.05, 0) is 80.4 Å². The number of nitrogens with zero attached hydrogens (tertiary/aromatic N) is 2. The summed E-state index contributed by atoms with van der Waals surface area (Å²) in [4.78, 5) is 22.8. The number of aromatic nitrogens is 2. The number of benzene rings is 3. The highest BCUT2D eigenvalue weighted by Crippen LogP contribution is 2.39. The summed E-state index contributed by atoms with van der Waals surface area (Å²) < 4.78 is 41.6. The number of hydrogen-bond donors (Lipinski definition) is 1. The third kappa shape index (κ3) is 8.85. The van der Waals surface area contributed by atoms with Gasteiger partial charge < -0.3 is 14.5 Å². The van der Waals surface area contributed by atoms with Crippen molar-refractivity contribution in [2.45, 2.75) is 71.7 Å². The number of rotatable bonds is 9. The average Bonchev–Trinajstić information content (AvgIpc) is 2.95. The van der Waals surface area contributed by atoms with E-state index in [0.717, 1.165) is 5.56 Å². The molecule has 0 aliphatic rings. The normalized spacial score (nSPS) is 12.5. The van der Waals surface area contributed by atoms with E-state index in [1.807, 2.05) is 30.3 Å². The van der Waals surface area contributed by atoms with Gasteiger partial charge in [0.05, 0.1) is 17.6 Å². The van der Waals surface area contributed by atoms with E-state index < -0.39 is 31.5 Å². The smallest absolute Gasteiger partial charge is 0.355 e. The molecule has 0 saturated heterocycles. The number of ether oxygens (including phenoxy) is 1. The molecular weight excluding hydrogens is 588 g/mol. The summed E-state index contributed by atoms with van der Waals surface area (Å²) >= 11 is 0. The predicted octanol–water partition coefficient (Wildman–Crippen LogP) is 9.19. The number of halogens is 2. The van der Waals surface area contributed by atoms with Gasteiger partial charge in [0.15, 0.2) is 11.6 Å². The molecule has 4 rings (SSSR count). The van der Waals surface area contributed by atoms with E-state index in [0.29, 0.717) is 29.2 Å². The van der Waals surface area contributed by atoms with Gasteiger partial charge in [-0.1, -0.05) is 69.3 Å². The molecule has 1 heterocycles. The highest BCUT2D eigenvalue weighted by Gasteiger charge is 2.39. The summed E-state index contributed by atoms with van der Waals surface area (Å²) in [6.45, 7) is 15.8. The lowest BCUT2D eigenvalue weighted by Crippen LogP contribution is -2.44. The summed E-state index contributed by atoms with van der Waals surface area (Å²) in [6.07, 6.45) is 3.39. The van der Waals surface area contributed by atoms with E-state index in [1.165, 1.54) is 18.3 Å². The van der Waals surface area contributed by atoms with Crippen molar-refractivity contribution in [3.05, 3.63) is 113 Å². The Bertz CT molecular complexity index is 1680. The SMILES string of the molecule is CC(C)(C)OC(=O)/C(=C/c1ccc(F)cc1)Nc1ncc(-c2cccc(O[Si](C)(C)C(C)(C)C)c2F)nc1Cc1ccccc1. The highest BCUT2D eigenvalue weighted by atomic mass is 28.4. The molecule has 1 N–H and O–H groups in total. The second-order valence-electron chi connectivity index (χ2n) is 13.4. The Kier molecular flexibility index (Phi) is 9.92. The Hall–Kier alpha value is -4.37. The second kappa shape index (κ2) is 13.3. The van der Waals surface area contributed by atoms with Gasteiger partial charge in [0.25, 0.3) is 8.32 Å². The minimum atomic E-state index is -2.31. The van der Waals surface area contributed by atoms with Gasteiger partial charge in [0.2, 0.25) is 0 Å². The Labute approximate surface area is 265 Å². The maximum absolute atomic E-state index is 16.0. The third-order valence-corrected chi connectivity index (χ3v) is 11.9. The maximum atomic E-state index is 16.0. The Morgan fingerprint density at radius 3 is 2.20 bits per heavy atom. The van der Waals surface area contributed by atoms with E-state index in [4.69, 9.17) is 14.1 Å². The van der Waals surface area contributed by atoms with Crippen molar-refractivity contribution < 1.29 is 22.7 Å². The molecule has 0 spiro atoms. The number of anilines is 1. The van der Waals surface area contributed by atoms with Crippen molar-refractivity contribution in [2.75, 3.05) is 5.32 Å². The van der Waals surface area contributed by atoms with E-state index in [-0.39, 0.29) is 22.0 Å². The van der Waals surface area contributed by atoms with E-state index >= 15 is 4.39 Å². The number of esters is 1. The van der Waals surface area contributed by atoms with Crippen molar-refractivity contribution in [2.24, 2.45) is 0 Å². The molecule has 4 aromatic rings. The summed E-state index contributed by atoms with van der Waals surface area (Å²) in [5, 5.41) is 3.00. The first-order valence-electron chi connectivity index (χ1n) is 14.9. The Morgan fingerprint density at radius 1 is 0.911 bits per heavy atom. The number of carbonyl (C=O) groups is 1.